The van der Waals surface area contributed by atoms with Gasteiger partial charge in [-0.05, 0) is 31.2 Å². The average molecular weight is 368 g/mol. The molecular weight excluding hydrogens is 352 g/mol. The van der Waals surface area contributed by atoms with Gasteiger partial charge >= 0.3 is 5.69 Å². The maximum absolute atomic E-state index is 12.4. The molecule has 132 valence electrons. The van der Waals surface area contributed by atoms with Crippen LogP contribution < -0.4 is 16.0 Å². The van der Waals surface area contributed by atoms with Crippen LogP contribution in [0.4, 0.5) is 0 Å². The van der Waals surface area contributed by atoms with Gasteiger partial charge in [-0.1, -0.05) is 0 Å². The number of hydrogen-bond donors (Lipinski definition) is 0. The molecule has 0 saturated heterocycles. The summed E-state index contributed by atoms with van der Waals surface area (Å²) in [7, 11) is 1.60. The number of aromatic nitrogens is 3. The molecule has 0 N–H and O–H groups in total. The van der Waals surface area contributed by atoms with E-state index in [0.29, 0.717) is 12.2 Å². The molecule has 0 atom stereocenters. The minimum Gasteiger partial charge on any atom is -0.497 e. The summed E-state index contributed by atoms with van der Waals surface area (Å²) in [6, 6.07) is 9.33. The summed E-state index contributed by atoms with van der Waals surface area (Å²) in [4.78, 5) is 29.3. The normalized spacial score (nSPS) is 10.5. The van der Waals surface area contributed by atoms with Gasteiger partial charge in [0.15, 0.2) is 0 Å². The Balaban J connectivity index is 1.96. The van der Waals surface area contributed by atoms with E-state index in [4.69, 9.17) is 10.00 Å². The van der Waals surface area contributed by atoms with Gasteiger partial charge in [-0.2, -0.15) is 5.26 Å². The summed E-state index contributed by atoms with van der Waals surface area (Å²) >= 11 is 1.43. The Morgan fingerprint density at radius 3 is 2.62 bits per heavy atom. The summed E-state index contributed by atoms with van der Waals surface area (Å²) in [5.41, 5.74) is 0.414. The predicted molar refractivity (Wildman–Crippen MR) is 98.6 cm³/mol. The quantitative estimate of drug-likeness (QED) is 0.688. The van der Waals surface area contributed by atoms with Crippen molar-refractivity contribution in [1.29, 1.82) is 5.26 Å². The largest absolute Gasteiger partial charge is 0.497 e. The second kappa shape index (κ2) is 7.37. The molecule has 0 aliphatic rings. The molecule has 0 aliphatic carbocycles. The van der Waals surface area contributed by atoms with E-state index in [0.717, 1.165) is 20.9 Å². The minimum atomic E-state index is -0.596. The first-order valence-electron chi connectivity index (χ1n) is 7.90. The van der Waals surface area contributed by atoms with Gasteiger partial charge in [-0.25, -0.2) is 9.78 Å². The number of rotatable bonds is 5. The molecule has 8 heteroatoms. The van der Waals surface area contributed by atoms with E-state index in [1.54, 1.807) is 19.4 Å². The predicted octanol–water partition coefficient (Wildman–Crippen LogP) is 2.08. The highest BCUT2D eigenvalue weighted by atomic mass is 32.1. The zero-order valence-electron chi connectivity index (χ0n) is 14.3. The number of ether oxygens (including phenoxy) is 1. The smallest absolute Gasteiger partial charge is 0.331 e. The first kappa shape index (κ1) is 17.6. The molecule has 7 nitrogen and oxygen atoms in total. The molecule has 0 aliphatic heterocycles. The van der Waals surface area contributed by atoms with Gasteiger partial charge in [0.05, 0.1) is 19.3 Å². The topological polar surface area (TPSA) is 89.9 Å². The SMILES string of the molecule is CCn1cc(C#N)c(=O)n(Cc2csc(-c3ccc(OC)cc3)n2)c1=O. The summed E-state index contributed by atoms with van der Waals surface area (Å²) in [5.74, 6) is 0.755. The fraction of sp³-hybridized carbons (Fsp3) is 0.222. The van der Waals surface area contributed by atoms with Crippen LogP contribution in [0.15, 0.2) is 45.4 Å². The number of nitriles is 1. The van der Waals surface area contributed by atoms with Gasteiger partial charge in [0.2, 0.25) is 0 Å². The highest BCUT2D eigenvalue weighted by Crippen LogP contribution is 2.25. The number of hydrogen-bond acceptors (Lipinski definition) is 6. The van der Waals surface area contributed by atoms with Crippen LogP contribution in [0.1, 0.15) is 18.2 Å². The molecule has 0 amide bonds. The zero-order chi connectivity index (χ0) is 18.7. The third-order valence-electron chi connectivity index (χ3n) is 3.91. The lowest BCUT2D eigenvalue weighted by Crippen LogP contribution is -2.41. The Labute approximate surface area is 153 Å². The Hall–Kier alpha value is -3.18. The lowest BCUT2D eigenvalue weighted by molar-refractivity contribution is 0.415. The van der Waals surface area contributed by atoms with E-state index < -0.39 is 11.2 Å². The third kappa shape index (κ3) is 3.30. The van der Waals surface area contributed by atoms with Crippen molar-refractivity contribution >= 4 is 11.3 Å². The first-order valence-corrected chi connectivity index (χ1v) is 8.78. The molecule has 2 heterocycles. The summed E-state index contributed by atoms with van der Waals surface area (Å²) in [6.07, 6.45) is 1.30. The third-order valence-corrected chi connectivity index (χ3v) is 4.85. The van der Waals surface area contributed by atoms with E-state index >= 15 is 0 Å². The second-order valence-electron chi connectivity index (χ2n) is 5.49. The molecule has 0 bridgehead atoms. The molecule has 26 heavy (non-hydrogen) atoms. The van der Waals surface area contributed by atoms with Crippen molar-refractivity contribution in [3.8, 4) is 22.4 Å². The van der Waals surface area contributed by atoms with Gasteiger partial charge in [-0.15, -0.1) is 11.3 Å². The Bertz CT molecular complexity index is 1090. The highest BCUT2D eigenvalue weighted by Gasteiger charge is 2.13. The van der Waals surface area contributed by atoms with Crippen LogP contribution >= 0.6 is 11.3 Å². The highest BCUT2D eigenvalue weighted by molar-refractivity contribution is 7.13. The fourth-order valence-corrected chi connectivity index (χ4v) is 3.32. The second-order valence-corrected chi connectivity index (χ2v) is 6.35. The average Bonchev–Trinajstić information content (AvgIpc) is 3.14. The van der Waals surface area contributed by atoms with Crippen molar-refractivity contribution in [1.82, 2.24) is 14.1 Å². The molecule has 0 saturated carbocycles. The molecular formula is C18H16N4O3S. The minimum absolute atomic E-state index is 0.0276. The Morgan fingerprint density at radius 2 is 2.00 bits per heavy atom. The summed E-state index contributed by atoms with van der Waals surface area (Å²) in [6.45, 7) is 2.18. The van der Waals surface area contributed by atoms with Crippen molar-refractivity contribution < 1.29 is 4.74 Å². The zero-order valence-corrected chi connectivity index (χ0v) is 15.1. The monoisotopic (exact) mass is 368 g/mol. The fourth-order valence-electron chi connectivity index (χ4n) is 2.50. The first-order chi connectivity index (χ1) is 12.6. The standard InChI is InChI=1S/C18H16N4O3S/c1-3-21-9-13(8-19)17(23)22(18(21)24)10-14-11-26-16(20-14)12-4-6-15(25-2)7-5-12/h4-7,9,11H,3,10H2,1-2H3. The van der Waals surface area contributed by atoms with E-state index in [-0.39, 0.29) is 12.1 Å². The number of benzene rings is 1. The van der Waals surface area contributed by atoms with Crippen molar-refractivity contribution in [2.45, 2.75) is 20.0 Å². The van der Waals surface area contributed by atoms with E-state index in [2.05, 4.69) is 4.98 Å². The summed E-state index contributed by atoms with van der Waals surface area (Å²) in [5, 5.41) is 11.7. The maximum atomic E-state index is 12.4. The van der Waals surface area contributed by atoms with E-state index in [1.165, 1.54) is 22.1 Å². The molecule has 3 aromatic rings. The molecule has 0 unspecified atom stereocenters. The van der Waals surface area contributed by atoms with Crippen molar-refractivity contribution in [3.63, 3.8) is 0 Å². The molecule has 0 radical (unpaired) electrons. The number of nitrogens with zero attached hydrogens (tertiary/aromatic N) is 4. The molecule has 3 rings (SSSR count). The number of thiazole rings is 1. The van der Waals surface area contributed by atoms with E-state index in [1.807, 2.05) is 30.3 Å². The van der Waals surface area contributed by atoms with Crippen LogP contribution in [0, 0.1) is 11.3 Å². The Morgan fingerprint density at radius 1 is 1.27 bits per heavy atom. The van der Waals surface area contributed by atoms with Crippen LogP contribution in [-0.4, -0.2) is 21.2 Å². The number of methoxy groups -OCH3 is 1. The van der Waals surface area contributed by atoms with Gasteiger partial charge < -0.3 is 4.74 Å². The van der Waals surface area contributed by atoms with Crippen LogP contribution in [0.25, 0.3) is 10.6 Å². The molecule has 2 aromatic heterocycles. The maximum Gasteiger partial charge on any atom is 0.331 e. The van der Waals surface area contributed by atoms with Gasteiger partial charge in [0, 0.05) is 23.7 Å². The van der Waals surface area contributed by atoms with Crippen molar-refractivity contribution in [2.24, 2.45) is 0 Å². The van der Waals surface area contributed by atoms with Gasteiger partial charge in [0.25, 0.3) is 5.56 Å². The van der Waals surface area contributed by atoms with Crippen molar-refractivity contribution in [3.05, 3.63) is 67.9 Å². The number of aryl methyl sites for hydroxylation is 1. The van der Waals surface area contributed by atoms with E-state index in [9.17, 15) is 9.59 Å². The molecule has 1 aromatic carbocycles. The lowest BCUT2D eigenvalue weighted by atomic mass is 10.2. The van der Waals surface area contributed by atoms with Crippen LogP contribution in [-0.2, 0) is 13.1 Å². The van der Waals surface area contributed by atoms with Crippen molar-refractivity contribution in [2.75, 3.05) is 7.11 Å². The van der Waals surface area contributed by atoms with Gasteiger partial charge in [-0.3, -0.25) is 13.9 Å². The van der Waals surface area contributed by atoms with Crippen LogP contribution in [0.5, 0.6) is 5.75 Å². The molecule has 0 fully saturated rings. The summed E-state index contributed by atoms with van der Waals surface area (Å²) < 4.78 is 7.54. The lowest BCUT2D eigenvalue weighted by Gasteiger charge is -2.08. The van der Waals surface area contributed by atoms with Gasteiger partial charge in [0.1, 0.15) is 22.4 Å². The van der Waals surface area contributed by atoms with Crippen LogP contribution in [0.3, 0.4) is 0 Å². The Kier molecular flexibility index (Phi) is 5.00. The molecule has 0 spiro atoms. The van der Waals surface area contributed by atoms with Crippen LogP contribution in [0.2, 0.25) is 0 Å².